The van der Waals surface area contributed by atoms with E-state index in [1.807, 2.05) is 6.07 Å². The van der Waals surface area contributed by atoms with Crippen LogP contribution in [-0.4, -0.2) is 51.3 Å². The van der Waals surface area contributed by atoms with E-state index in [4.69, 9.17) is 4.74 Å². The molecule has 1 aromatic rings. The second-order valence-corrected chi connectivity index (χ2v) is 5.76. The second kappa shape index (κ2) is 6.91. The van der Waals surface area contributed by atoms with Gasteiger partial charge < -0.3 is 20.3 Å². The molecule has 2 heterocycles. The van der Waals surface area contributed by atoms with E-state index >= 15 is 0 Å². The number of carbonyl (C=O) groups is 1. The molecule has 2 atom stereocenters. The van der Waals surface area contributed by atoms with E-state index in [0.29, 0.717) is 19.1 Å². The lowest BCUT2D eigenvalue weighted by Crippen LogP contribution is -2.52. The molecule has 2 N–H and O–H groups in total. The Morgan fingerprint density at radius 2 is 2.24 bits per heavy atom. The highest BCUT2D eigenvalue weighted by atomic mass is 16.5. The van der Waals surface area contributed by atoms with Crippen molar-refractivity contribution in [2.45, 2.75) is 12.5 Å². The Bertz CT molecular complexity index is 460. The van der Waals surface area contributed by atoms with Gasteiger partial charge in [-0.05, 0) is 24.5 Å². The third-order valence-corrected chi connectivity index (χ3v) is 4.21. The van der Waals surface area contributed by atoms with Gasteiger partial charge >= 0.3 is 0 Å². The SMILES string of the molecule is O=C(NCC1CCN(c2ccccc2)C1)C1COCCN1. The number of nitrogens with zero attached hydrogens (tertiary/aromatic N) is 1. The minimum absolute atomic E-state index is 0.0628. The molecule has 1 amide bonds. The molecule has 2 aliphatic heterocycles. The number of nitrogens with one attached hydrogen (secondary N) is 2. The zero-order chi connectivity index (χ0) is 14.5. The van der Waals surface area contributed by atoms with E-state index in [0.717, 1.165) is 32.6 Å². The molecule has 0 spiro atoms. The topological polar surface area (TPSA) is 53.6 Å². The first kappa shape index (κ1) is 14.4. The number of hydrogen-bond acceptors (Lipinski definition) is 4. The van der Waals surface area contributed by atoms with Crippen LogP contribution in [0.5, 0.6) is 0 Å². The molecule has 0 bridgehead atoms. The quantitative estimate of drug-likeness (QED) is 0.853. The average molecular weight is 289 g/mol. The number of amides is 1. The van der Waals surface area contributed by atoms with E-state index in [9.17, 15) is 4.79 Å². The normalized spacial score (nSPS) is 25.8. The van der Waals surface area contributed by atoms with Gasteiger partial charge in [-0.2, -0.15) is 0 Å². The standard InChI is InChI=1S/C16H23N3O2/c20-16(15-12-21-9-7-17-15)18-10-13-6-8-19(11-13)14-4-2-1-3-5-14/h1-5,13,15,17H,6-12H2,(H,18,20). The van der Waals surface area contributed by atoms with Gasteiger partial charge in [-0.25, -0.2) is 0 Å². The Morgan fingerprint density at radius 1 is 1.38 bits per heavy atom. The monoisotopic (exact) mass is 289 g/mol. The molecule has 114 valence electrons. The third-order valence-electron chi connectivity index (χ3n) is 4.21. The van der Waals surface area contributed by atoms with Crippen LogP contribution in [0.3, 0.4) is 0 Å². The van der Waals surface area contributed by atoms with Crippen LogP contribution in [-0.2, 0) is 9.53 Å². The minimum Gasteiger partial charge on any atom is -0.378 e. The molecule has 0 aliphatic carbocycles. The van der Waals surface area contributed by atoms with Crippen molar-refractivity contribution in [3.63, 3.8) is 0 Å². The summed E-state index contributed by atoms with van der Waals surface area (Å²) in [4.78, 5) is 14.4. The highest BCUT2D eigenvalue weighted by Gasteiger charge is 2.25. The second-order valence-electron chi connectivity index (χ2n) is 5.76. The van der Waals surface area contributed by atoms with E-state index < -0.39 is 0 Å². The first-order valence-electron chi connectivity index (χ1n) is 7.72. The van der Waals surface area contributed by atoms with Crippen LogP contribution in [0.15, 0.2) is 30.3 Å². The van der Waals surface area contributed by atoms with Crippen LogP contribution in [0.2, 0.25) is 0 Å². The highest BCUT2D eigenvalue weighted by Crippen LogP contribution is 2.22. The summed E-state index contributed by atoms with van der Waals surface area (Å²) in [5.74, 6) is 0.589. The molecule has 2 unspecified atom stereocenters. The molecule has 0 radical (unpaired) electrons. The predicted molar refractivity (Wildman–Crippen MR) is 82.4 cm³/mol. The summed E-state index contributed by atoms with van der Waals surface area (Å²) in [7, 11) is 0. The molecule has 2 fully saturated rings. The number of benzene rings is 1. The number of carbonyl (C=O) groups excluding carboxylic acids is 1. The summed E-state index contributed by atoms with van der Waals surface area (Å²) in [6.07, 6.45) is 1.13. The van der Waals surface area contributed by atoms with Crippen LogP contribution >= 0.6 is 0 Å². The largest absolute Gasteiger partial charge is 0.378 e. The molecule has 0 aromatic heterocycles. The molecule has 2 saturated heterocycles. The van der Waals surface area contributed by atoms with Gasteiger partial charge in [0.1, 0.15) is 6.04 Å². The Labute approximate surface area is 125 Å². The Morgan fingerprint density at radius 3 is 3.00 bits per heavy atom. The molecule has 1 aromatic carbocycles. The van der Waals surface area contributed by atoms with Gasteiger partial charge in [0, 0.05) is 31.9 Å². The fourth-order valence-corrected chi connectivity index (χ4v) is 2.97. The number of anilines is 1. The molecule has 5 nitrogen and oxygen atoms in total. The van der Waals surface area contributed by atoms with Gasteiger partial charge in [0.05, 0.1) is 13.2 Å². The molecule has 2 aliphatic rings. The maximum absolute atomic E-state index is 12.0. The molecule has 0 saturated carbocycles. The van der Waals surface area contributed by atoms with Gasteiger partial charge in [0.15, 0.2) is 0 Å². The van der Waals surface area contributed by atoms with Gasteiger partial charge in [-0.15, -0.1) is 0 Å². The van der Waals surface area contributed by atoms with Crippen LogP contribution in [0.25, 0.3) is 0 Å². The maximum atomic E-state index is 12.0. The van der Waals surface area contributed by atoms with Crippen LogP contribution in [0.1, 0.15) is 6.42 Å². The fourth-order valence-electron chi connectivity index (χ4n) is 2.97. The van der Waals surface area contributed by atoms with Crippen molar-refractivity contribution in [2.75, 3.05) is 44.3 Å². The summed E-state index contributed by atoms with van der Waals surface area (Å²) in [6.45, 7) is 4.75. The number of morpholine rings is 1. The van der Waals surface area contributed by atoms with Crippen molar-refractivity contribution >= 4 is 11.6 Å². The molecular weight excluding hydrogens is 266 g/mol. The predicted octanol–water partition coefficient (Wildman–Crippen LogP) is 0.617. The van der Waals surface area contributed by atoms with Crippen molar-refractivity contribution in [1.82, 2.24) is 10.6 Å². The Balaban J connectivity index is 1.43. The summed E-state index contributed by atoms with van der Waals surface area (Å²) in [6, 6.07) is 10.3. The summed E-state index contributed by atoms with van der Waals surface area (Å²) in [5.41, 5.74) is 1.27. The Kier molecular flexibility index (Phi) is 4.72. The van der Waals surface area contributed by atoms with Crippen molar-refractivity contribution in [2.24, 2.45) is 5.92 Å². The van der Waals surface area contributed by atoms with Crippen LogP contribution < -0.4 is 15.5 Å². The van der Waals surface area contributed by atoms with E-state index in [2.05, 4.69) is 39.8 Å². The van der Waals surface area contributed by atoms with Gasteiger partial charge in [0.2, 0.25) is 5.91 Å². The lowest BCUT2D eigenvalue weighted by Gasteiger charge is -2.24. The van der Waals surface area contributed by atoms with E-state index in [1.165, 1.54) is 5.69 Å². The van der Waals surface area contributed by atoms with Gasteiger partial charge in [0.25, 0.3) is 0 Å². The van der Waals surface area contributed by atoms with Crippen molar-refractivity contribution in [1.29, 1.82) is 0 Å². The number of hydrogen-bond donors (Lipinski definition) is 2. The zero-order valence-corrected chi connectivity index (χ0v) is 12.3. The average Bonchev–Trinajstić information content (AvgIpc) is 3.03. The zero-order valence-electron chi connectivity index (χ0n) is 12.3. The molecule has 21 heavy (non-hydrogen) atoms. The lowest BCUT2D eigenvalue weighted by molar-refractivity contribution is -0.126. The number of ether oxygens (including phenoxy) is 1. The van der Waals surface area contributed by atoms with Crippen molar-refractivity contribution in [3.05, 3.63) is 30.3 Å². The summed E-state index contributed by atoms with van der Waals surface area (Å²) < 4.78 is 5.32. The van der Waals surface area contributed by atoms with Crippen molar-refractivity contribution < 1.29 is 9.53 Å². The van der Waals surface area contributed by atoms with E-state index in [1.54, 1.807) is 0 Å². The van der Waals surface area contributed by atoms with E-state index in [-0.39, 0.29) is 11.9 Å². The first-order valence-corrected chi connectivity index (χ1v) is 7.72. The highest BCUT2D eigenvalue weighted by molar-refractivity contribution is 5.82. The lowest BCUT2D eigenvalue weighted by atomic mass is 10.1. The van der Waals surface area contributed by atoms with Crippen LogP contribution in [0.4, 0.5) is 5.69 Å². The Hall–Kier alpha value is -1.59. The first-order chi connectivity index (χ1) is 10.3. The third kappa shape index (κ3) is 3.74. The smallest absolute Gasteiger partial charge is 0.239 e. The molecule has 5 heteroatoms. The fraction of sp³-hybridized carbons (Fsp3) is 0.562. The molecular formula is C16H23N3O2. The number of rotatable bonds is 4. The maximum Gasteiger partial charge on any atom is 0.239 e. The van der Waals surface area contributed by atoms with Crippen molar-refractivity contribution in [3.8, 4) is 0 Å². The van der Waals surface area contributed by atoms with Gasteiger partial charge in [-0.3, -0.25) is 4.79 Å². The summed E-state index contributed by atoms with van der Waals surface area (Å²) >= 11 is 0. The minimum atomic E-state index is -0.189. The van der Waals surface area contributed by atoms with Gasteiger partial charge in [-0.1, -0.05) is 18.2 Å². The summed E-state index contributed by atoms with van der Waals surface area (Å²) in [5, 5.41) is 6.24. The van der Waals surface area contributed by atoms with Crippen LogP contribution in [0, 0.1) is 5.92 Å². The number of para-hydroxylation sites is 1. The molecule has 3 rings (SSSR count).